The number of rotatable bonds is 5. The van der Waals surface area contributed by atoms with Gasteiger partial charge in [0.15, 0.2) is 0 Å². The van der Waals surface area contributed by atoms with Crippen molar-refractivity contribution in [2.24, 2.45) is 0 Å². The van der Waals surface area contributed by atoms with Crippen molar-refractivity contribution in [3.63, 3.8) is 0 Å². The molecule has 0 bridgehead atoms. The van der Waals surface area contributed by atoms with Gasteiger partial charge in [0, 0.05) is 0 Å². The molecule has 5 nitrogen and oxygen atoms in total. The lowest BCUT2D eigenvalue weighted by Gasteiger charge is -2.16. The van der Waals surface area contributed by atoms with Crippen LogP contribution in [0, 0.1) is 0 Å². The summed E-state index contributed by atoms with van der Waals surface area (Å²) in [5, 5.41) is 2.46. The zero-order valence-corrected chi connectivity index (χ0v) is 9.20. The maximum absolute atomic E-state index is 12.7. The molecule has 0 spiro atoms. The van der Waals surface area contributed by atoms with Crippen LogP contribution in [0.1, 0.15) is 11.7 Å². The number of methoxy groups -OCH3 is 2. The smallest absolute Gasteiger partial charge is 0.259 e. The second-order valence-electron chi connectivity index (χ2n) is 2.91. The minimum Gasteiger partial charge on any atom is -0.480 e. The molecule has 0 fully saturated rings. The standard InChI is InChI=1S/C9H13F2N3O2/c1-12-6(8(10)11)7-9(16-3)14-5(15-2)4-13-7/h4,6,8,12H,1-3H3. The zero-order chi connectivity index (χ0) is 12.1. The minimum absolute atomic E-state index is 0.0269. The van der Waals surface area contributed by atoms with Crippen molar-refractivity contribution >= 4 is 0 Å². The molecule has 0 aliphatic rings. The van der Waals surface area contributed by atoms with Crippen molar-refractivity contribution in [2.75, 3.05) is 21.3 Å². The molecule has 0 aromatic carbocycles. The topological polar surface area (TPSA) is 56.3 Å². The molecule has 1 heterocycles. The lowest BCUT2D eigenvalue weighted by molar-refractivity contribution is 0.0984. The van der Waals surface area contributed by atoms with Crippen LogP contribution in [-0.4, -0.2) is 37.7 Å². The predicted molar refractivity (Wildman–Crippen MR) is 52.9 cm³/mol. The Kier molecular flexibility index (Phi) is 4.36. The molecule has 90 valence electrons. The van der Waals surface area contributed by atoms with E-state index >= 15 is 0 Å². The van der Waals surface area contributed by atoms with E-state index in [0.717, 1.165) is 0 Å². The Morgan fingerprint density at radius 2 is 2.00 bits per heavy atom. The summed E-state index contributed by atoms with van der Waals surface area (Å²) in [7, 11) is 4.17. The van der Waals surface area contributed by atoms with Gasteiger partial charge in [0.1, 0.15) is 11.7 Å². The first kappa shape index (κ1) is 12.6. The maximum Gasteiger partial charge on any atom is 0.259 e. The van der Waals surface area contributed by atoms with E-state index in [2.05, 4.69) is 15.3 Å². The summed E-state index contributed by atoms with van der Waals surface area (Å²) in [6.45, 7) is 0. The quantitative estimate of drug-likeness (QED) is 0.822. The van der Waals surface area contributed by atoms with Crippen molar-refractivity contribution in [3.8, 4) is 11.8 Å². The average Bonchev–Trinajstić information content (AvgIpc) is 2.29. The molecule has 1 atom stereocenters. The van der Waals surface area contributed by atoms with Gasteiger partial charge in [0.05, 0.1) is 20.4 Å². The van der Waals surface area contributed by atoms with Crippen molar-refractivity contribution in [2.45, 2.75) is 12.5 Å². The molecule has 1 aromatic heterocycles. The molecular weight excluding hydrogens is 220 g/mol. The molecule has 1 unspecified atom stereocenters. The Balaban J connectivity index is 3.11. The van der Waals surface area contributed by atoms with E-state index in [1.807, 2.05) is 0 Å². The minimum atomic E-state index is -2.60. The molecule has 1 N–H and O–H groups in total. The Bertz CT molecular complexity index is 350. The van der Waals surface area contributed by atoms with E-state index in [1.54, 1.807) is 0 Å². The lowest BCUT2D eigenvalue weighted by Crippen LogP contribution is -2.25. The highest BCUT2D eigenvalue weighted by Crippen LogP contribution is 2.26. The number of aromatic nitrogens is 2. The first-order chi connectivity index (χ1) is 7.63. The van der Waals surface area contributed by atoms with Gasteiger partial charge in [-0.1, -0.05) is 0 Å². The van der Waals surface area contributed by atoms with Gasteiger partial charge in [-0.25, -0.2) is 13.8 Å². The predicted octanol–water partition coefficient (Wildman–Crippen LogP) is 1.02. The van der Waals surface area contributed by atoms with E-state index in [-0.39, 0.29) is 17.5 Å². The van der Waals surface area contributed by atoms with Crippen LogP contribution in [0.5, 0.6) is 11.8 Å². The summed E-state index contributed by atoms with van der Waals surface area (Å²) in [6, 6.07) is -1.21. The van der Waals surface area contributed by atoms with Crippen LogP contribution in [0.25, 0.3) is 0 Å². The first-order valence-electron chi connectivity index (χ1n) is 4.54. The van der Waals surface area contributed by atoms with Crippen LogP contribution in [-0.2, 0) is 0 Å². The second-order valence-corrected chi connectivity index (χ2v) is 2.91. The fourth-order valence-corrected chi connectivity index (χ4v) is 1.21. The van der Waals surface area contributed by atoms with Crippen LogP contribution in [0.15, 0.2) is 6.20 Å². The molecule has 0 amide bonds. The number of nitrogens with one attached hydrogen (secondary N) is 1. The fourth-order valence-electron chi connectivity index (χ4n) is 1.21. The van der Waals surface area contributed by atoms with Crippen LogP contribution in [0.3, 0.4) is 0 Å². The zero-order valence-electron chi connectivity index (χ0n) is 9.20. The van der Waals surface area contributed by atoms with E-state index in [1.165, 1.54) is 27.5 Å². The molecule has 1 rings (SSSR count). The van der Waals surface area contributed by atoms with Gasteiger partial charge in [0.2, 0.25) is 11.8 Å². The second kappa shape index (κ2) is 5.55. The molecule has 0 aliphatic carbocycles. The Morgan fingerprint density at radius 1 is 1.31 bits per heavy atom. The van der Waals surface area contributed by atoms with Crippen LogP contribution in [0.2, 0.25) is 0 Å². The number of hydrogen-bond donors (Lipinski definition) is 1. The van der Waals surface area contributed by atoms with Crippen molar-refractivity contribution < 1.29 is 18.3 Å². The van der Waals surface area contributed by atoms with Crippen molar-refractivity contribution in [1.29, 1.82) is 0 Å². The summed E-state index contributed by atoms with van der Waals surface area (Å²) >= 11 is 0. The van der Waals surface area contributed by atoms with Gasteiger partial charge >= 0.3 is 0 Å². The Labute approximate surface area is 91.8 Å². The molecule has 7 heteroatoms. The van der Waals surface area contributed by atoms with Gasteiger partial charge in [0.25, 0.3) is 6.43 Å². The fraction of sp³-hybridized carbons (Fsp3) is 0.556. The van der Waals surface area contributed by atoms with Crippen LogP contribution in [0.4, 0.5) is 8.78 Å². The SMILES string of the molecule is CNC(c1ncc(OC)nc1OC)C(F)F. The highest BCUT2D eigenvalue weighted by molar-refractivity contribution is 5.26. The highest BCUT2D eigenvalue weighted by Gasteiger charge is 2.26. The molecule has 0 saturated heterocycles. The molecule has 0 aliphatic heterocycles. The van der Waals surface area contributed by atoms with Gasteiger partial charge < -0.3 is 14.8 Å². The van der Waals surface area contributed by atoms with Gasteiger partial charge in [-0.2, -0.15) is 4.98 Å². The third-order valence-corrected chi connectivity index (χ3v) is 2.00. The molecular formula is C9H13F2N3O2. The first-order valence-corrected chi connectivity index (χ1v) is 4.54. The van der Waals surface area contributed by atoms with E-state index in [9.17, 15) is 8.78 Å². The Hall–Kier alpha value is -1.50. The highest BCUT2D eigenvalue weighted by atomic mass is 19.3. The summed E-state index contributed by atoms with van der Waals surface area (Å²) in [6.07, 6.45) is -1.33. The number of hydrogen-bond acceptors (Lipinski definition) is 5. The number of halogens is 2. The van der Waals surface area contributed by atoms with E-state index in [4.69, 9.17) is 9.47 Å². The van der Waals surface area contributed by atoms with Crippen LogP contribution >= 0.6 is 0 Å². The van der Waals surface area contributed by atoms with Gasteiger partial charge in [-0.05, 0) is 7.05 Å². The van der Waals surface area contributed by atoms with E-state index in [0.29, 0.717) is 0 Å². The number of nitrogens with zero attached hydrogens (tertiary/aromatic N) is 2. The number of alkyl halides is 2. The third kappa shape index (κ3) is 2.54. The maximum atomic E-state index is 12.7. The lowest BCUT2D eigenvalue weighted by atomic mass is 10.2. The molecule has 0 radical (unpaired) electrons. The Morgan fingerprint density at radius 3 is 2.44 bits per heavy atom. The summed E-state index contributed by atoms with van der Waals surface area (Å²) in [5.74, 6) is 0.240. The average molecular weight is 233 g/mol. The molecule has 0 saturated carbocycles. The van der Waals surface area contributed by atoms with Crippen molar-refractivity contribution in [3.05, 3.63) is 11.9 Å². The van der Waals surface area contributed by atoms with E-state index < -0.39 is 12.5 Å². The van der Waals surface area contributed by atoms with Crippen LogP contribution < -0.4 is 14.8 Å². The van der Waals surface area contributed by atoms with Gasteiger partial charge in [-0.3, -0.25) is 0 Å². The largest absolute Gasteiger partial charge is 0.480 e. The van der Waals surface area contributed by atoms with Crippen molar-refractivity contribution in [1.82, 2.24) is 15.3 Å². The molecule has 16 heavy (non-hydrogen) atoms. The summed E-state index contributed by atoms with van der Waals surface area (Å²) < 4.78 is 35.1. The number of ether oxygens (including phenoxy) is 2. The normalized spacial score (nSPS) is 12.6. The van der Waals surface area contributed by atoms with Gasteiger partial charge in [-0.15, -0.1) is 0 Å². The summed E-state index contributed by atoms with van der Waals surface area (Å²) in [5.41, 5.74) is 0.0563. The molecule has 1 aromatic rings. The monoisotopic (exact) mass is 233 g/mol. The summed E-state index contributed by atoms with van der Waals surface area (Å²) in [4.78, 5) is 7.74. The third-order valence-electron chi connectivity index (χ3n) is 2.00.